The molecule has 2 aromatic rings. The molecule has 1 aromatic heterocycles. The lowest BCUT2D eigenvalue weighted by Gasteiger charge is -2.20. The van der Waals surface area contributed by atoms with E-state index < -0.39 is 0 Å². The molecule has 1 aliphatic carbocycles. The van der Waals surface area contributed by atoms with E-state index in [1.165, 1.54) is 12.8 Å². The van der Waals surface area contributed by atoms with Gasteiger partial charge < -0.3 is 5.32 Å². The van der Waals surface area contributed by atoms with E-state index in [4.69, 9.17) is 0 Å². The third-order valence-corrected chi connectivity index (χ3v) is 4.27. The summed E-state index contributed by atoms with van der Waals surface area (Å²) in [5.41, 5.74) is 1.50. The third-order valence-electron chi connectivity index (χ3n) is 4.27. The SMILES string of the molecule is CC(C)C1(CNc2ncnc3ccccc23)CC1. The number of benzene rings is 1. The van der Waals surface area contributed by atoms with Crippen molar-refractivity contribution >= 4 is 16.7 Å². The highest BCUT2D eigenvalue weighted by atomic mass is 15.0. The number of para-hydroxylation sites is 1. The average molecular weight is 241 g/mol. The van der Waals surface area contributed by atoms with Gasteiger partial charge in [0.2, 0.25) is 0 Å². The smallest absolute Gasteiger partial charge is 0.137 e. The first-order valence-corrected chi connectivity index (χ1v) is 6.65. The Morgan fingerprint density at radius 3 is 2.72 bits per heavy atom. The highest BCUT2D eigenvalue weighted by Gasteiger charge is 2.44. The predicted molar refractivity (Wildman–Crippen MR) is 74.5 cm³/mol. The maximum atomic E-state index is 4.37. The molecule has 94 valence electrons. The Morgan fingerprint density at radius 1 is 1.22 bits per heavy atom. The van der Waals surface area contributed by atoms with E-state index in [0.29, 0.717) is 5.41 Å². The van der Waals surface area contributed by atoms with Crippen LogP contribution in [-0.4, -0.2) is 16.5 Å². The lowest BCUT2D eigenvalue weighted by atomic mass is 9.92. The van der Waals surface area contributed by atoms with Crippen LogP contribution in [0.3, 0.4) is 0 Å². The van der Waals surface area contributed by atoms with Gasteiger partial charge in [0.25, 0.3) is 0 Å². The van der Waals surface area contributed by atoms with Crippen molar-refractivity contribution < 1.29 is 0 Å². The first-order valence-electron chi connectivity index (χ1n) is 6.65. The van der Waals surface area contributed by atoms with Gasteiger partial charge in [0, 0.05) is 11.9 Å². The molecule has 1 aromatic carbocycles. The Morgan fingerprint density at radius 2 is 2.00 bits per heavy atom. The van der Waals surface area contributed by atoms with Crippen LogP contribution in [0.5, 0.6) is 0 Å². The molecule has 1 saturated carbocycles. The second-order valence-electron chi connectivity index (χ2n) is 5.61. The van der Waals surface area contributed by atoms with Gasteiger partial charge >= 0.3 is 0 Å². The molecule has 0 unspecified atom stereocenters. The molecule has 0 radical (unpaired) electrons. The molecule has 3 rings (SSSR count). The topological polar surface area (TPSA) is 37.8 Å². The first-order chi connectivity index (χ1) is 8.71. The zero-order chi connectivity index (χ0) is 12.6. The number of hydrogen-bond acceptors (Lipinski definition) is 3. The van der Waals surface area contributed by atoms with Crippen LogP contribution >= 0.6 is 0 Å². The molecule has 0 saturated heterocycles. The van der Waals surface area contributed by atoms with Crippen molar-refractivity contribution in [1.82, 2.24) is 9.97 Å². The summed E-state index contributed by atoms with van der Waals surface area (Å²) in [6.07, 6.45) is 4.31. The fraction of sp³-hybridized carbons (Fsp3) is 0.467. The monoisotopic (exact) mass is 241 g/mol. The Balaban J connectivity index is 1.83. The fourth-order valence-corrected chi connectivity index (χ4v) is 2.52. The summed E-state index contributed by atoms with van der Waals surface area (Å²) < 4.78 is 0. The zero-order valence-corrected chi connectivity index (χ0v) is 11.0. The van der Waals surface area contributed by atoms with Gasteiger partial charge in [-0.2, -0.15) is 0 Å². The third kappa shape index (κ3) is 1.94. The lowest BCUT2D eigenvalue weighted by molar-refractivity contribution is 0.380. The predicted octanol–water partition coefficient (Wildman–Crippen LogP) is 3.48. The summed E-state index contributed by atoms with van der Waals surface area (Å²) in [6, 6.07) is 8.14. The maximum Gasteiger partial charge on any atom is 0.137 e. The Bertz CT molecular complexity index is 553. The number of aromatic nitrogens is 2. The van der Waals surface area contributed by atoms with Gasteiger partial charge in [-0.15, -0.1) is 0 Å². The Hall–Kier alpha value is -1.64. The molecule has 18 heavy (non-hydrogen) atoms. The highest BCUT2D eigenvalue weighted by Crippen LogP contribution is 2.51. The van der Waals surface area contributed by atoms with Gasteiger partial charge in [-0.05, 0) is 36.3 Å². The van der Waals surface area contributed by atoms with Crippen molar-refractivity contribution in [1.29, 1.82) is 0 Å². The summed E-state index contributed by atoms with van der Waals surface area (Å²) in [4.78, 5) is 8.66. The van der Waals surface area contributed by atoms with E-state index in [2.05, 4.69) is 35.2 Å². The minimum Gasteiger partial charge on any atom is -0.369 e. The summed E-state index contributed by atoms with van der Waals surface area (Å²) in [6.45, 7) is 5.64. The lowest BCUT2D eigenvalue weighted by Crippen LogP contribution is -2.21. The quantitative estimate of drug-likeness (QED) is 0.890. The standard InChI is InChI=1S/C15H19N3/c1-11(2)15(7-8-15)9-16-14-12-5-3-4-6-13(12)17-10-18-14/h3-6,10-11H,7-9H2,1-2H3,(H,16,17,18). The van der Waals surface area contributed by atoms with Crippen LogP contribution in [0.4, 0.5) is 5.82 Å². The van der Waals surface area contributed by atoms with Gasteiger partial charge in [0.05, 0.1) is 5.52 Å². The van der Waals surface area contributed by atoms with Crippen LogP contribution in [0.2, 0.25) is 0 Å². The number of nitrogens with zero attached hydrogens (tertiary/aromatic N) is 2. The first kappa shape index (κ1) is 11.5. The van der Waals surface area contributed by atoms with E-state index in [1.807, 2.05) is 18.2 Å². The van der Waals surface area contributed by atoms with Crippen molar-refractivity contribution in [2.45, 2.75) is 26.7 Å². The van der Waals surface area contributed by atoms with E-state index in [0.717, 1.165) is 29.2 Å². The molecule has 1 fully saturated rings. The molecule has 0 bridgehead atoms. The van der Waals surface area contributed by atoms with Crippen LogP contribution < -0.4 is 5.32 Å². The molecular formula is C15H19N3. The van der Waals surface area contributed by atoms with Gasteiger partial charge in [-0.1, -0.05) is 26.0 Å². The van der Waals surface area contributed by atoms with Crippen molar-refractivity contribution in [3.63, 3.8) is 0 Å². The number of hydrogen-bond donors (Lipinski definition) is 1. The van der Waals surface area contributed by atoms with E-state index >= 15 is 0 Å². The number of fused-ring (bicyclic) bond motifs is 1. The van der Waals surface area contributed by atoms with Crippen LogP contribution in [0.25, 0.3) is 10.9 Å². The zero-order valence-electron chi connectivity index (χ0n) is 11.0. The normalized spacial score (nSPS) is 17.1. The van der Waals surface area contributed by atoms with Crippen LogP contribution in [0.1, 0.15) is 26.7 Å². The van der Waals surface area contributed by atoms with Crippen LogP contribution in [0.15, 0.2) is 30.6 Å². The van der Waals surface area contributed by atoms with Gasteiger partial charge in [-0.3, -0.25) is 0 Å². The van der Waals surface area contributed by atoms with Gasteiger partial charge in [0.1, 0.15) is 12.1 Å². The Labute approximate surface area is 108 Å². The van der Waals surface area contributed by atoms with Crippen LogP contribution in [0, 0.1) is 11.3 Å². The van der Waals surface area contributed by atoms with Crippen molar-refractivity contribution in [2.75, 3.05) is 11.9 Å². The number of rotatable bonds is 4. The molecular weight excluding hydrogens is 222 g/mol. The molecule has 3 nitrogen and oxygen atoms in total. The summed E-state index contributed by atoms with van der Waals surface area (Å²) in [7, 11) is 0. The Kier molecular flexibility index (Phi) is 2.69. The second kappa shape index (κ2) is 4.23. The highest BCUT2D eigenvalue weighted by molar-refractivity contribution is 5.88. The molecule has 1 N–H and O–H groups in total. The van der Waals surface area contributed by atoms with Crippen molar-refractivity contribution in [2.24, 2.45) is 11.3 Å². The van der Waals surface area contributed by atoms with E-state index in [1.54, 1.807) is 6.33 Å². The second-order valence-corrected chi connectivity index (χ2v) is 5.61. The summed E-state index contributed by atoms with van der Waals surface area (Å²) in [5.74, 6) is 1.70. The molecule has 3 heteroatoms. The number of anilines is 1. The molecule has 0 atom stereocenters. The summed E-state index contributed by atoms with van der Waals surface area (Å²) in [5, 5.41) is 4.63. The molecule has 1 aliphatic rings. The van der Waals surface area contributed by atoms with Crippen LogP contribution in [-0.2, 0) is 0 Å². The molecule has 1 heterocycles. The van der Waals surface area contributed by atoms with Gasteiger partial charge in [0.15, 0.2) is 0 Å². The minimum absolute atomic E-state index is 0.492. The maximum absolute atomic E-state index is 4.37. The summed E-state index contributed by atoms with van der Waals surface area (Å²) >= 11 is 0. The molecule has 0 amide bonds. The van der Waals surface area contributed by atoms with E-state index in [-0.39, 0.29) is 0 Å². The largest absolute Gasteiger partial charge is 0.369 e. The molecule has 0 aliphatic heterocycles. The minimum atomic E-state index is 0.492. The van der Waals surface area contributed by atoms with E-state index in [9.17, 15) is 0 Å². The van der Waals surface area contributed by atoms with Gasteiger partial charge in [-0.25, -0.2) is 9.97 Å². The van der Waals surface area contributed by atoms with Crippen molar-refractivity contribution in [3.05, 3.63) is 30.6 Å². The van der Waals surface area contributed by atoms with Crippen molar-refractivity contribution in [3.8, 4) is 0 Å². The fourth-order valence-electron chi connectivity index (χ4n) is 2.52. The molecule has 0 spiro atoms. The average Bonchev–Trinajstić information content (AvgIpc) is 3.17. The number of nitrogens with one attached hydrogen (secondary N) is 1.